The van der Waals surface area contributed by atoms with Crippen molar-refractivity contribution in [3.05, 3.63) is 18.2 Å². The largest absolute Gasteiger partial charge is 0.387 e. The van der Waals surface area contributed by atoms with Gasteiger partial charge in [-0.25, -0.2) is 16.8 Å². The molecule has 118 valence electrons. The lowest BCUT2D eigenvalue weighted by Gasteiger charge is -2.26. The minimum Gasteiger partial charge on any atom is -0.387 e. The van der Waals surface area contributed by atoms with E-state index in [-0.39, 0.29) is 9.79 Å². The summed E-state index contributed by atoms with van der Waals surface area (Å²) in [6.07, 6.45) is 1.06. The van der Waals surface area contributed by atoms with Gasteiger partial charge in [-0.05, 0) is 18.2 Å². The van der Waals surface area contributed by atoms with Crippen LogP contribution in [0.15, 0.2) is 28.0 Å². The zero-order valence-electron chi connectivity index (χ0n) is 11.9. The Morgan fingerprint density at radius 3 is 2.29 bits per heavy atom. The van der Waals surface area contributed by atoms with Gasteiger partial charge in [-0.2, -0.15) is 16.1 Å². The minimum absolute atomic E-state index is 0.00598. The molecule has 1 aromatic carbocycles. The van der Waals surface area contributed by atoms with E-state index in [9.17, 15) is 16.8 Å². The molecular weight excluding hydrogens is 332 g/mol. The zero-order chi connectivity index (χ0) is 15.7. The Bertz CT molecular complexity index is 723. The summed E-state index contributed by atoms with van der Waals surface area (Å²) in [4.78, 5) is 0.0197. The van der Waals surface area contributed by atoms with Gasteiger partial charge in [-0.3, -0.25) is 0 Å². The van der Waals surface area contributed by atoms with E-state index < -0.39 is 19.9 Å². The van der Waals surface area contributed by atoms with Crippen molar-refractivity contribution in [3.63, 3.8) is 0 Å². The van der Waals surface area contributed by atoms with Gasteiger partial charge < -0.3 is 5.32 Å². The fourth-order valence-electron chi connectivity index (χ4n) is 2.08. The maximum absolute atomic E-state index is 12.7. The molecule has 0 atom stereocenters. The predicted molar refractivity (Wildman–Crippen MR) is 85.2 cm³/mol. The Morgan fingerprint density at radius 2 is 1.76 bits per heavy atom. The van der Waals surface area contributed by atoms with Gasteiger partial charge in [-0.1, -0.05) is 0 Å². The monoisotopic (exact) mass is 350 g/mol. The molecule has 1 aliphatic heterocycles. The van der Waals surface area contributed by atoms with Crippen LogP contribution in [0.4, 0.5) is 5.69 Å². The molecule has 1 N–H and O–H groups in total. The van der Waals surface area contributed by atoms with E-state index in [1.54, 1.807) is 18.8 Å². The van der Waals surface area contributed by atoms with Crippen LogP contribution in [0.5, 0.6) is 0 Å². The molecule has 0 radical (unpaired) electrons. The van der Waals surface area contributed by atoms with Crippen molar-refractivity contribution in [2.75, 3.05) is 43.2 Å². The highest BCUT2D eigenvalue weighted by atomic mass is 32.2. The molecule has 9 heteroatoms. The van der Waals surface area contributed by atoms with Gasteiger partial charge in [0.15, 0.2) is 9.84 Å². The molecule has 1 fully saturated rings. The fraction of sp³-hybridized carbons (Fsp3) is 0.500. The van der Waals surface area contributed by atoms with Gasteiger partial charge in [0, 0.05) is 37.9 Å². The highest BCUT2D eigenvalue weighted by Crippen LogP contribution is 2.28. The number of thioether (sulfide) groups is 1. The molecule has 1 aliphatic rings. The Labute approximate surface area is 129 Å². The van der Waals surface area contributed by atoms with Crippen LogP contribution in [0.2, 0.25) is 0 Å². The van der Waals surface area contributed by atoms with Crippen molar-refractivity contribution < 1.29 is 16.8 Å². The second-order valence-electron chi connectivity index (χ2n) is 4.70. The van der Waals surface area contributed by atoms with Crippen molar-refractivity contribution >= 4 is 37.3 Å². The number of rotatable bonds is 4. The molecular formula is C12H18N2O4S3. The van der Waals surface area contributed by atoms with Crippen molar-refractivity contribution in [1.82, 2.24) is 4.31 Å². The van der Waals surface area contributed by atoms with E-state index in [1.165, 1.54) is 22.5 Å². The lowest BCUT2D eigenvalue weighted by atomic mass is 10.3. The molecule has 1 aromatic rings. The highest BCUT2D eigenvalue weighted by molar-refractivity contribution is 7.99. The number of sulfone groups is 1. The summed E-state index contributed by atoms with van der Waals surface area (Å²) in [7, 11) is -5.54. The summed E-state index contributed by atoms with van der Waals surface area (Å²) in [6.45, 7) is 0.887. The zero-order valence-corrected chi connectivity index (χ0v) is 14.3. The van der Waals surface area contributed by atoms with Crippen molar-refractivity contribution in [2.24, 2.45) is 0 Å². The smallest absolute Gasteiger partial charge is 0.245 e. The van der Waals surface area contributed by atoms with Crippen LogP contribution in [-0.4, -0.2) is 59.0 Å². The average Bonchev–Trinajstić information content (AvgIpc) is 2.46. The summed E-state index contributed by atoms with van der Waals surface area (Å²) < 4.78 is 50.2. The van der Waals surface area contributed by atoms with Crippen LogP contribution < -0.4 is 5.32 Å². The van der Waals surface area contributed by atoms with Crippen LogP contribution >= 0.6 is 11.8 Å². The Balaban J connectivity index is 2.54. The first-order valence-electron chi connectivity index (χ1n) is 6.36. The molecule has 2 rings (SSSR count). The van der Waals surface area contributed by atoms with E-state index in [1.807, 2.05) is 0 Å². The maximum atomic E-state index is 12.7. The Kier molecular flexibility index (Phi) is 4.86. The number of anilines is 1. The van der Waals surface area contributed by atoms with Crippen LogP contribution in [0.1, 0.15) is 0 Å². The number of nitrogens with one attached hydrogen (secondary N) is 1. The number of sulfonamides is 1. The van der Waals surface area contributed by atoms with Crippen LogP contribution in [0, 0.1) is 0 Å². The quantitative estimate of drug-likeness (QED) is 0.867. The van der Waals surface area contributed by atoms with E-state index in [4.69, 9.17) is 0 Å². The average molecular weight is 350 g/mol. The second kappa shape index (κ2) is 6.15. The number of benzene rings is 1. The summed E-state index contributed by atoms with van der Waals surface area (Å²) in [5.41, 5.74) is 0.403. The van der Waals surface area contributed by atoms with Crippen LogP contribution in [0.25, 0.3) is 0 Å². The maximum Gasteiger partial charge on any atom is 0.245 e. The van der Waals surface area contributed by atoms with Gasteiger partial charge in [-0.15, -0.1) is 0 Å². The molecule has 6 nitrogen and oxygen atoms in total. The van der Waals surface area contributed by atoms with Gasteiger partial charge >= 0.3 is 0 Å². The molecule has 1 saturated heterocycles. The van der Waals surface area contributed by atoms with Crippen LogP contribution in [0.3, 0.4) is 0 Å². The number of hydrogen-bond donors (Lipinski definition) is 1. The summed E-state index contributed by atoms with van der Waals surface area (Å²) >= 11 is 1.71. The Morgan fingerprint density at radius 1 is 1.14 bits per heavy atom. The van der Waals surface area contributed by atoms with Gasteiger partial charge in [0.2, 0.25) is 10.0 Å². The molecule has 0 bridgehead atoms. The van der Waals surface area contributed by atoms with E-state index >= 15 is 0 Å². The minimum atomic E-state index is -3.69. The Hall–Kier alpha value is -0.770. The summed E-state index contributed by atoms with van der Waals surface area (Å²) in [5.74, 6) is 1.50. The lowest BCUT2D eigenvalue weighted by molar-refractivity contribution is 0.443. The summed E-state index contributed by atoms with van der Waals surface area (Å²) in [5, 5.41) is 2.81. The molecule has 0 aliphatic carbocycles. The first kappa shape index (κ1) is 16.6. The van der Waals surface area contributed by atoms with Crippen molar-refractivity contribution in [2.45, 2.75) is 9.79 Å². The number of hydrogen-bond acceptors (Lipinski definition) is 6. The third-order valence-corrected chi connectivity index (χ3v) is 7.23. The standard InChI is InChI=1S/C12H18N2O4S3/c1-13-11-4-3-10(20(2,15)16)9-12(11)21(17,18)14-5-7-19-8-6-14/h3-4,9,13H,5-8H2,1-2H3. The normalized spacial score (nSPS) is 17.6. The van der Waals surface area contributed by atoms with Gasteiger partial charge in [0.25, 0.3) is 0 Å². The molecule has 0 saturated carbocycles. The van der Waals surface area contributed by atoms with E-state index in [2.05, 4.69) is 5.32 Å². The molecule has 0 amide bonds. The molecule has 1 heterocycles. The van der Waals surface area contributed by atoms with Crippen molar-refractivity contribution in [1.29, 1.82) is 0 Å². The number of nitrogens with zero attached hydrogens (tertiary/aromatic N) is 1. The first-order valence-corrected chi connectivity index (χ1v) is 10.8. The van der Waals surface area contributed by atoms with Gasteiger partial charge in [0.05, 0.1) is 10.6 Å². The SMILES string of the molecule is CNc1ccc(S(C)(=O)=O)cc1S(=O)(=O)N1CCSCC1. The van der Waals surface area contributed by atoms with Gasteiger partial charge in [0.1, 0.15) is 4.90 Å². The highest BCUT2D eigenvalue weighted by Gasteiger charge is 2.29. The predicted octanol–water partition coefficient (Wildman–Crippen LogP) is 0.869. The molecule has 21 heavy (non-hydrogen) atoms. The third kappa shape index (κ3) is 3.53. The van der Waals surface area contributed by atoms with E-state index in [0.29, 0.717) is 18.8 Å². The second-order valence-corrected chi connectivity index (χ2v) is 9.84. The van der Waals surface area contributed by atoms with Crippen LogP contribution in [-0.2, 0) is 19.9 Å². The van der Waals surface area contributed by atoms with E-state index in [0.717, 1.165) is 17.8 Å². The molecule has 0 spiro atoms. The topological polar surface area (TPSA) is 83.5 Å². The van der Waals surface area contributed by atoms with Crippen molar-refractivity contribution in [3.8, 4) is 0 Å². The lowest BCUT2D eigenvalue weighted by Crippen LogP contribution is -2.38. The third-order valence-electron chi connectivity index (χ3n) is 3.24. The summed E-state index contributed by atoms with van der Waals surface area (Å²) in [6, 6.07) is 4.13. The molecule has 0 unspecified atom stereocenters. The molecule has 0 aromatic heterocycles. The first-order chi connectivity index (χ1) is 9.76. The fourth-order valence-corrected chi connectivity index (χ4v) is 5.60.